The molecule has 1 heteroatoms. The third kappa shape index (κ3) is 2.23. The van der Waals surface area contributed by atoms with Gasteiger partial charge < -0.3 is 5.32 Å². The lowest BCUT2D eigenvalue weighted by molar-refractivity contribution is 0.180. The molecule has 1 heterocycles. The second-order valence-electron chi connectivity index (χ2n) is 5.87. The maximum absolute atomic E-state index is 3.56. The molecule has 0 bridgehead atoms. The van der Waals surface area contributed by atoms with E-state index in [1.807, 2.05) is 0 Å². The van der Waals surface area contributed by atoms with Crippen LogP contribution in [0.1, 0.15) is 32.8 Å². The Hall–Kier alpha value is -0.820. The number of nitrogens with one attached hydrogen (secondary N) is 1. The molecular weight excluding hydrogens is 182 g/mol. The second kappa shape index (κ2) is 3.64. The molecule has 1 nitrogen and oxygen atoms in total. The second-order valence-corrected chi connectivity index (χ2v) is 5.87. The van der Waals surface area contributed by atoms with Crippen molar-refractivity contribution in [1.29, 1.82) is 0 Å². The molecule has 1 aromatic rings. The summed E-state index contributed by atoms with van der Waals surface area (Å²) < 4.78 is 0. The molecule has 0 saturated carbocycles. The highest BCUT2D eigenvalue weighted by molar-refractivity contribution is 5.26. The molecule has 0 aliphatic carbocycles. The minimum absolute atomic E-state index is 0.295. The molecule has 1 aliphatic heterocycles. The summed E-state index contributed by atoms with van der Waals surface area (Å²) in [5, 5.41) is 3.56. The average Bonchev–Trinajstić information content (AvgIpc) is 2.17. The summed E-state index contributed by atoms with van der Waals surface area (Å²) in [6.07, 6.45) is 1.26. The summed E-state index contributed by atoms with van der Waals surface area (Å²) in [6.45, 7) is 9.30. The molecule has 1 atom stereocenters. The monoisotopic (exact) mass is 203 g/mol. The highest BCUT2D eigenvalue weighted by Crippen LogP contribution is 2.38. The van der Waals surface area contributed by atoms with Crippen LogP contribution < -0.4 is 5.32 Å². The third-order valence-electron chi connectivity index (χ3n) is 3.46. The Balaban J connectivity index is 2.27. The molecule has 0 radical (unpaired) electrons. The largest absolute Gasteiger partial charge is 0.315 e. The van der Waals surface area contributed by atoms with Gasteiger partial charge in [-0.3, -0.25) is 0 Å². The van der Waals surface area contributed by atoms with E-state index in [0.29, 0.717) is 10.8 Å². The van der Waals surface area contributed by atoms with Crippen molar-refractivity contribution >= 4 is 0 Å². The summed E-state index contributed by atoms with van der Waals surface area (Å²) in [4.78, 5) is 0. The maximum Gasteiger partial charge on any atom is 0.00550 e. The first-order chi connectivity index (χ1) is 7.02. The predicted octanol–water partition coefficient (Wildman–Crippen LogP) is 2.96. The summed E-state index contributed by atoms with van der Waals surface area (Å²) >= 11 is 0. The van der Waals surface area contributed by atoms with Crippen molar-refractivity contribution in [2.24, 2.45) is 5.41 Å². The Morgan fingerprint density at radius 3 is 2.27 bits per heavy atom. The molecule has 0 aromatic heterocycles. The van der Waals surface area contributed by atoms with Crippen LogP contribution in [-0.2, 0) is 5.41 Å². The molecule has 82 valence electrons. The van der Waals surface area contributed by atoms with Crippen molar-refractivity contribution in [2.45, 2.75) is 32.6 Å². The minimum atomic E-state index is 0.295. The summed E-state index contributed by atoms with van der Waals surface area (Å²) in [5.41, 5.74) is 2.16. The van der Waals surface area contributed by atoms with Gasteiger partial charge in [0.25, 0.3) is 0 Å². The quantitative estimate of drug-likeness (QED) is 0.740. The van der Waals surface area contributed by atoms with Crippen molar-refractivity contribution < 1.29 is 0 Å². The van der Waals surface area contributed by atoms with E-state index in [9.17, 15) is 0 Å². The van der Waals surface area contributed by atoms with Gasteiger partial charge in [-0.05, 0) is 17.4 Å². The molecule has 2 rings (SSSR count). The van der Waals surface area contributed by atoms with Gasteiger partial charge in [0.15, 0.2) is 0 Å². The molecule has 1 fully saturated rings. The van der Waals surface area contributed by atoms with Gasteiger partial charge in [0.2, 0.25) is 0 Å². The van der Waals surface area contributed by atoms with Crippen LogP contribution >= 0.6 is 0 Å². The molecule has 1 aromatic carbocycles. The lowest BCUT2D eigenvalue weighted by Gasteiger charge is -2.43. The minimum Gasteiger partial charge on any atom is -0.315 e. The van der Waals surface area contributed by atoms with Crippen molar-refractivity contribution in [2.75, 3.05) is 13.1 Å². The number of benzene rings is 1. The van der Waals surface area contributed by atoms with E-state index >= 15 is 0 Å². The zero-order chi connectivity index (χ0) is 10.9. The predicted molar refractivity (Wildman–Crippen MR) is 65.1 cm³/mol. The lowest BCUT2D eigenvalue weighted by Crippen LogP contribution is -2.49. The van der Waals surface area contributed by atoms with Gasteiger partial charge in [-0.15, -0.1) is 0 Å². The highest BCUT2D eigenvalue weighted by Gasteiger charge is 2.37. The van der Waals surface area contributed by atoms with Gasteiger partial charge in [-0.25, -0.2) is 0 Å². The van der Waals surface area contributed by atoms with Crippen LogP contribution in [0.4, 0.5) is 0 Å². The van der Waals surface area contributed by atoms with Crippen LogP contribution in [0.5, 0.6) is 0 Å². The molecule has 1 saturated heterocycles. The van der Waals surface area contributed by atoms with Crippen molar-refractivity contribution in [1.82, 2.24) is 5.32 Å². The number of hydrogen-bond donors (Lipinski definition) is 1. The van der Waals surface area contributed by atoms with Crippen LogP contribution in [-0.4, -0.2) is 13.1 Å². The fourth-order valence-corrected chi connectivity index (χ4v) is 2.90. The Morgan fingerprint density at radius 1 is 1.00 bits per heavy atom. The number of piperidine rings is 1. The molecule has 15 heavy (non-hydrogen) atoms. The molecule has 1 aliphatic rings. The zero-order valence-corrected chi connectivity index (χ0v) is 10.0. The van der Waals surface area contributed by atoms with Crippen LogP contribution in [0, 0.1) is 5.41 Å². The molecular formula is C14H21N. The van der Waals surface area contributed by atoms with Crippen LogP contribution in [0.15, 0.2) is 30.3 Å². The fraction of sp³-hybridized carbons (Fsp3) is 0.571. The highest BCUT2D eigenvalue weighted by atomic mass is 14.9. The van der Waals surface area contributed by atoms with Crippen molar-refractivity contribution in [3.63, 3.8) is 0 Å². The molecule has 1 N–H and O–H groups in total. The van der Waals surface area contributed by atoms with E-state index in [0.717, 1.165) is 13.1 Å². The Kier molecular flexibility index (Phi) is 2.59. The van der Waals surface area contributed by atoms with Gasteiger partial charge in [-0.1, -0.05) is 51.1 Å². The van der Waals surface area contributed by atoms with E-state index in [1.54, 1.807) is 0 Å². The normalized spacial score (nSPS) is 30.1. The standard InChI is InChI=1S/C14H21N/c1-13(2)9-14(3,11-15-10-13)12-7-5-4-6-8-12/h4-8,15H,9-11H2,1-3H3. The first-order valence-electron chi connectivity index (χ1n) is 5.78. The van der Waals surface area contributed by atoms with Gasteiger partial charge in [0.1, 0.15) is 0 Å². The van der Waals surface area contributed by atoms with E-state index in [2.05, 4.69) is 56.4 Å². The Morgan fingerprint density at radius 2 is 1.67 bits per heavy atom. The topological polar surface area (TPSA) is 12.0 Å². The summed E-state index contributed by atoms with van der Waals surface area (Å²) in [5.74, 6) is 0. The van der Waals surface area contributed by atoms with Crippen LogP contribution in [0.3, 0.4) is 0 Å². The average molecular weight is 203 g/mol. The fourth-order valence-electron chi connectivity index (χ4n) is 2.90. The van der Waals surface area contributed by atoms with Crippen LogP contribution in [0.25, 0.3) is 0 Å². The van der Waals surface area contributed by atoms with Gasteiger partial charge in [0.05, 0.1) is 0 Å². The third-order valence-corrected chi connectivity index (χ3v) is 3.46. The summed E-state index contributed by atoms with van der Waals surface area (Å²) in [6, 6.07) is 10.9. The summed E-state index contributed by atoms with van der Waals surface area (Å²) in [7, 11) is 0. The maximum atomic E-state index is 3.56. The van der Waals surface area contributed by atoms with E-state index < -0.39 is 0 Å². The van der Waals surface area contributed by atoms with Gasteiger partial charge in [-0.2, -0.15) is 0 Å². The first kappa shape index (κ1) is 10.7. The van der Waals surface area contributed by atoms with E-state index in [-0.39, 0.29) is 0 Å². The van der Waals surface area contributed by atoms with Gasteiger partial charge >= 0.3 is 0 Å². The molecule has 0 spiro atoms. The lowest BCUT2D eigenvalue weighted by atomic mass is 9.67. The number of hydrogen-bond acceptors (Lipinski definition) is 1. The Labute approximate surface area is 92.9 Å². The van der Waals surface area contributed by atoms with E-state index in [1.165, 1.54) is 12.0 Å². The molecule has 1 unspecified atom stereocenters. The zero-order valence-electron chi connectivity index (χ0n) is 10.0. The van der Waals surface area contributed by atoms with Crippen molar-refractivity contribution in [3.05, 3.63) is 35.9 Å². The number of rotatable bonds is 1. The molecule has 0 amide bonds. The van der Waals surface area contributed by atoms with Crippen molar-refractivity contribution in [3.8, 4) is 0 Å². The first-order valence-corrected chi connectivity index (χ1v) is 5.78. The SMILES string of the molecule is CC1(C)CNCC(C)(c2ccccc2)C1. The van der Waals surface area contributed by atoms with E-state index in [4.69, 9.17) is 0 Å². The van der Waals surface area contributed by atoms with Gasteiger partial charge in [0, 0.05) is 18.5 Å². The Bertz CT molecular complexity index is 328. The van der Waals surface area contributed by atoms with Crippen LogP contribution in [0.2, 0.25) is 0 Å². The smallest absolute Gasteiger partial charge is 0.00550 e.